The minimum atomic E-state index is 0.385. The van der Waals surface area contributed by atoms with Gasteiger partial charge in [-0.3, -0.25) is 4.90 Å². The third-order valence-electron chi connectivity index (χ3n) is 4.85. The molecule has 0 radical (unpaired) electrons. The summed E-state index contributed by atoms with van der Waals surface area (Å²) in [4.78, 5) is 8.99. The molecule has 0 amide bonds. The van der Waals surface area contributed by atoms with Gasteiger partial charge in [0.25, 0.3) is 0 Å². The van der Waals surface area contributed by atoms with E-state index in [1.165, 1.54) is 5.56 Å². The average Bonchev–Trinajstić information content (AvgIpc) is 2.95. The van der Waals surface area contributed by atoms with E-state index in [0.29, 0.717) is 18.0 Å². The molecule has 25 heavy (non-hydrogen) atoms. The van der Waals surface area contributed by atoms with Gasteiger partial charge in [-0.15, -0.1) is 0 Å². The minimum Gasteiger partial charge on any atom is -0.479 e. The highest BCUT2D eigenvalue weighted by Gasteiger charge is 2.30. The SMILES string of the molecule is COc1nccc(N(C)C)c1NC1CC(C)N(Cc2ccccc2)C1. The van der Waals surface area contributed by atoms with Gasteiger partial charge < -0.3 is 15.0 Å². The Hall–Kier alpha value is -2.27. The molecule has 0 bridgehead atoms. The third kappa shape index (κ3) is 4.04. The van der Waals surface area contributed by atoms with Gasteiger partial charge in [0.1, 0.15) is 5.69 Å². The Balaban J connectivity index is 1.72. The zero-order chi connectivity index (χ0) is 17.8. The van der Waals surface area contributed by atoms with E-state index in [1.807, 2.05) is 20.2 Å². The summed E-state index contributed by atoms with van der Waals surface area (Å²) in [6.07, 6.45) is 2.90. The second kappa shape index (κ2) is 7.74. The summed E-state index contributed by atoms with van der Waals surface area (Å²) < 4.78 is 5.48. The Labute approximate surface area is 150 Å². The number of hydrogen-bond donors (Lipinski definition) is 1. The summed E-state index contributed by atoms with van der Waals surface area (Å²) >= 11 is 0. The second-order valence-electron chi connectivity index (χ2n) is 6.95. The van der Waals surface area contributed by atoms with Crippen LogP contribution in [0.25, 0.3) is 0 Å². The smallest absolute Gasteiger partial charge is 0.239 e. The van der Waals surface area contributed by atoms with Crippen molar-refractivity contribution in [2.75, 3.05) is 38.0 Å². The van der Waals surface area contributed by atoms with Crippen molar-refractivity contribution in [1.82, 2.24) is 9.88 Å². The van der Waals surface area contributed by atoms with E-state index in [2.05, 4.69) is 57.4 Å². The molecule has 2 heterocycles. The number of likely N-dealkylation sites (tertiary alicyclic amines) is 1. The van der Waals surface area contributed by atoms with Crippen molar-refractivity contribution >= 4 is 11.4 Å². The Kier molecular flexibility index (Phi) is 5.43. The number of anilines is 2. The van der Waals surface area contributed by atoms with Gasteiger partial charge in [0, 0.05) is 45.5 Å². The lowest BCUT2D eigenvalue weighted by Gasteiger charge is -2.23. The Bertz CT molecular complexity index is 689. The number of nitrogens with zero attached hydrogens (tertiary/aromatic N) is 3. The molecule has 1 saturated heterocycles. The molecule has 0 saturated carbocycles. The zero-order valence-electron chi connectivity index (χ0n) is 15.6. The second-order valence-corrected chi connectivity index (χ2v) is 6.95. The molecule has 5 heteroatoms. The lowest BCUT2D eigenvalue weighted by molar-refractivity contribution is 0.259. The fourth-order valence-corrected chi connectivity index (χ4v) is 3.54. The summed E-state index contributed by atoms with van der Waals surface area (Å²) in [5.74, 6) is 0.653. The van der Waals surface area contributed by atoms with Crippen molar-refractivity contribution in [2.24, 2.45) is 0 Å². The first-order chi connectivity index (χ1) is 12.1. The fourth-order valence-electron chi connectivity index (χ4n) is 3.54. The van der Waals surface area contributed by atoms with Gasteiger partial charge in [-0.25, -0.2) is 4.98 Å². The molecule has 1 N–H and O–H groups in total. The largest absolute Gasteiger partial charge is 0.479 e. The van der Waals surface area contributed by atoms with E-state index in [-0.39, 0.29) is 0 Å². The van der Waals surface area contributed by atoms with Gasteiger partial charge in [-0.2, -0.15) is 0 Å². The number of benzene rings is 1. The molecule has 2 aromatic rings. The van der Waals surface area contributed by atoms with Crippen molar-refractivity contribution in [3.05, 3.63) is 48.2 Å². The van der Waals surface area contributed by atoms with Crippen LogP contribution in [-0.2, 0) is 6.54 Å². The van der Waals surface area contributed by atoms with E-state index in [1.54, 1.807) is 13.3 Å². The molecule has 1 aliphatic rings. The molecule has 3 rings (SSSR count). The normalized spacial score (nSPS) is 20.5. The van der Waals surface area contributed by atoms with Crippen molar-refractivity contribution in [3.63, 3.8) is 0 Å². The van der Waals surface area contributed by atoms with E-state index in [0.717, 1.165) is 30.9 Å². The summed E-state index contributed by atoms with van der Waals surface area (Å²) in [6.45, 7) is 4.31. The van der Waals surface area contributed by atoms with Crippen molar-refractivity contribution in [3.8, 4) is 5.88 Å². The van der Waals surface area contributed by atoms with Crippen LogP contribution < -0.4 is 15.0 Å². The number of methoxy groups -OCH3 is 1. The monoisotopic (exact) mass is 340 g/mol. The van der Waals surface area contributed by atoms with Crippen molar-refractivity contribution in [2.45, 2.75) is 32.0 Å². The minimum absolute atomic E-state index is 0.385. The first kappa shape index (κ1) is 17.5. The maximum atomic E-state index is 5.48. The van der Waals surface area contributed by atoms with Gasteiger partial charge in [-0.1, -0.05) is 30.3 Å². The number of pyridine rings is 1. The first-order valence-electron chi connectivity index (χ1n) is 8.83. The van der Waals surface area contributed by atoms with Crippen LogP contribution in [0.2, 0.25) is 0 Å². The highest BCUT2D eigenvalue weighted by Crippen LogP contribution is 2.34. The highest BCUT2D eigenvalue weighted by atomic mass is 16.5. The van der Waals surface area contributed by atoms with Crippen LogP contribution in [0.5, 0.6) is 5.88 Å². The Morgan fingerprint density at radius 2 is 2.00 bits per heavy atom. The van der Waals surface area contributed by atoms with Gasteiger partial charge in [0.05, 0.1) is 12.8 Å². The molecular formula is C20H28N4O. The predicted octanol–water partition coefficient (Wildman–Crippen LogP) is 3.23. The first-order valence-corrected chi connectivity index (χ1v) is 8.83. The van der Waals surface area contributed by atoms with Gasteiger partial charge in [0.2, 0.25) is 5.88 Å². The van der Waals surface area contributed by atoms with E-state index in [4.69, 9.17) is 4.74 Å². The number of aromatic nitrogens is 1. The average molecular weight is 340 g/mol. The molecule has 1 aromatic carbocycles. The van der Waals surface area contributed by atoms with Crippen LogP contribution in [0.15, 0.2) is 42.6 Å². The number of nitrogens with one attached hydrogen (secondary N) is 1. The maximum absolute atomic E-state index is 5.48. The van der Waals surface area contributed by atoms with Gasteiger partial charge in [0.15, 0.2) is 0 Å². The molecule has 1 fully saturated rings. The quantitative estimate of drug-likeness (QED) is 0.874. The summed E-state index contributed by atoms with van der Waals surface area (Å²) in [6, 6.07) is 13.6. The molecule has 0 spiro atoms. The summed E-state index contributed by atoms with van der Waals surface area (Å²) in [7, 11) is 5.75. The topological polar surface area (TPSA) is 40.6 Å². The summed E-state index contributed by atoms with van der Waals surface area (Å²) in [5.41, 5.74) is 3.44. The number of rotatable bonds is 6. The molecule has 134 valence electrons. The number of ether oxygens (including phenoxy) is 1. The molecule has 1 aliphatic heterocycles. The van der Waals surface area contributed by atoms with Gasteiger partial charge in [-0.05, 0) is 25.0 Å². The third-order valence-corrected chi connectivity index (χ3v) is 4.85. The van der Waals surface area contributed by atoms with E-state index >= 15 is 0 Å². The molecule has 5 nitrogen and oxygen atoms in total. The van der Waals surface area contributed by atoms with Gasteiger partial charge >= 0.3 is 0 Å². The molecule has 0 aliphatic carbocycles. The van der Waals surface area contributed by atoms with E-state index < -0.39 is 0 Å². The van der Waals surface area contributed by atoms with Crippen LogP contribution in [0.4, 0.5) is 11.4 Å². The summed E-state index contributed by atoms with van der Waals surface area (Å²) in [5, 5.41) is 3.69. The molecule has 1 aromatic heterocycles. The lowest BCUT2D eigenvalue weighted by Crippen LogP contribution is -2.29. The Morgan fingerprint density at radius 3 is 2.68 bits per heavy atom. The molecular weight excluding hydrogens is 312 g/mol. The van der Waals surface area contributed by atoms with Crippen LogP contribution in [0, 0.1) is 0 Å². The van der Waals surface area contributed by atoms with E-state index in [9.17, 15) is 0 Å². The standard InChI is InChI=1S/C20H28N4O/c1-15-12-17(14-24(15)13-16-8-6-5-7-9-16)22-19-18(23(2)3)10-11-21-20(19)25-4/h5-11,15,17,22H,12-14H2,1-4H3. The van der Waals surface area contributed by atoms with Crippen LogP contribution >= 0.6 is 0 Å². The number of hydrogen-bond acceptors (Lipinski definition) is 5. The van der Waals surface area contributed by atoms with Crippen molar-refractivity contribution < 1.29 is 4.74 Å². The Morgan fingerprint density at radius 1 is 1.24 bits per heavy atom. The highest BCUT2D eigenvalue weighted by molar-refractivity contribution is 5.74. The lowest BCUT2D eigenvalue weighted by atomic mass is 10.1. The maximum Gasteiger partial charge on any atom is 0.239 e. The molecule has 2 atom stereocenters. The molecule has 2 unspecified atom stereocenters. The fraction of sp³-hybridized carbons (Fsp3) is 0.450. The van der Waals surface area contributed by atoms with Crippen molar-refractivity contribution in [1.29, 1.82) is 0 Å². The van der Waals surface area contributed by atoms with Crippen LogP contribution in [-0.4, -0.2) is 49.7 Å². The predicted molar refractivity (Wildman–Crippen MR) is 103 cm³/mol. The zero-order valence-corrected chi connectivity index (χ0v) is 15.6. The van der Waals surface area contributed by atoms with Crippen LogP contribution in [0.3, 0.4) is 0 Å². The van der Waals surface area contributed by atoms with Crippen LogP contribution in [0.1, 0.15) is 18.9 Å².